The SMILES string of the molecule is C=Cc1ccccc1C(C)(C)c1ccccc1CCCCCCCCCCCCCCCCCC.Cl.N. The van der Waals surface area contributed by atoms with Crippen molar-refractivity contribution in [3.05, 3.63) is 77.4 Å². The Morgan fingerprint density at radius 1 is 0.595 bits per heavy atom. The van der Waals surface area contributed by atoms with Crippen molar-refractivity contribution in [1.29, 1.82) is 0 Å². The molecule has 1 nitrogen and oxygen atoms in total. The third-order valence-electron chi connectivity index (χ3n) is 7.84. The molecule has 37 heavy (non-hydrogen) atoms. The van der Waals surface area contributed by atoms with Gasteiger partial charge in [-0.15, -0.1) is 12.4 Å². The van der Waals surface area contributed by atoms with E-state index in [0.29, 0.717) is 0 Å². The zero-order valence-corrected chi connectivity index (χ0v) is 25.4. The number of halogens is 1. The highest BCUT2D eigenvalue weighted by atomic mass is 35.5. The van der Waals surface area contributed by atoms with E-state index in [0.717, 1.165) is 0 Å². The van der Waals surface area contributed by atoms with Gasteiger partial charge < -0.3 is 6.15 Å². The molecule has 2 aromatic rings. The summed E-state index contributed by atoms with van der Waals surface area (Å²) in [5, 5.41) is 0. The van der Waals surface area contributed by atoms with Crippen molar-refractivity contribution < 1.29 is 0 Å². The molecule has 0 aliphatic heterocycles. The minimum absolute atomic E-state index is 0. The molecule has 2 heteroatoms. The van der Waals surface area contributed by atoms with Crippen molar-refractivity contribution in [2.45, 2.75) is 135 Å². The van der Waals surface area contributed by atoms with Crippen LogP contribution in [0.15, 0.2) is 55.1 Å². The molecule has 3 N–H and O–H groups in total. The van der Waals surface area contributed by atoms with Gasteiger partial charge in [0.05, 0.1) is 0 Å². The van der Waals surface area contributed by atoms with E-state index in [1.807, 2.05) is 6.08 Å². The summed E-state index contributed by atoms with van der Waals surface area (Å²) < 4.78 is 0. The van der Waals surface area contributed by atoms with Gasteiger partial charge in [0, 0.05) is 5.41 Å². The number of hydrogen-bond donors (Lipinski definition) is 1. The summed E-state index contributed by atoms with van der Waals surface area (Å²) in [5.41, 5.74) is 5.58. The quantitative estimate of drug-likeness (QED) is 0.171. The molecule has 2 aromatic carbocycles. The predicted octanol–water partition coefficient (Wildman–Crippen LogP) is 12.0. The second-order valence-corrected chi connectivity index (χ2v) is 11.1. The molecule has 210 valence electrons. The topological polar surface area (TPSA) is 35.0 Å². The first-order valence-corrected chi connectivity index (χ1v) is 14.9. The number of benzene rings is 2. The standard InChI is InChI=1S/C35H54.ClH.H3N/c1-5-7-8-9-10-11-12-13-14-15-16-17-18-19-20-21-27-32-28-23-25-30-34(32)35(3,4)33-29-24-22-26-31(33)6-2;;/h6,22-26,28-30H,2,5,7-21,27H2,1,3-4H3;1H;1H3. The van der Waals surface area contributed by atoms with Crippen LogP contribution in [0.25, 0.3) is 6.08 Å². The largest absolute Gasteiger partial charge is 0.344 e. The molecule has 0 unspecified atom stereocenters. The van der Waals surface area contributed by atoms with Gasteiger partial charge in [0.1, 0.15) is 0 Å². The van der Waals surface area contributed by atoms with Gasteiger partial charge in [-0.1, -0.05) is 178 Å². The van der Waals surface area contributed by atoms with Crippen LogP contribution < -0.4 is 6.15 Å². The van der Waals surface area contributed by atoms with Crippen LogP contribution in [0.3, 0.4) is 0 Å². The van der Waals surface area contributed by atoms with Crippen LogP contribution >= 0.6 is 12.4 Å². The smallest absolute Gasteiger partial charge is 0.0155 e. The van der Waals surface area contributed by atoms with Crippen molar-refractivity contribution in [3.8, 4) is 0 Å². The Labute approximate surface area is 236 Å². The molecule has 0 aliphatic carbocycles. The molecular weight excluding hydrogens is 470 g/mol. The van der Waals surface area contributed by atoms with Crippen LogP contribution in [-0.2, 0) is 11.8 Å². The van der Waals surface area contributed by atoms with E-state index in [1.165, 1.54) is 131 Å². The van der Waals surface area contributed by atoms with Crippen LogP contribution in [-0.4, -0.2) is 0 Å². The molecule has 0 aliphatic rings. The lowest BCUT2D eigenvalue weighted by molar-refractivity contribution is 0.529. The van der Waals surface area contributed by atoms with Gasteiger partial charge in [-0.25, -0.2) is 0 Å². The summed E-state index contributed by atoms with van der Waals surface area (Å²) in [6.45, 7) is 11.1. The highest BCUT2D eigenvalue weighted by Gasteiger charge is 2.27. The second kappa shape index (κ2) is 21.4. The molecule has 0 fully saturated rings. The number of rotatable bonds is 20. The van der Waals surface area contributed by atoms with E-state index in [9.17, 15) is 0 Å². The van der Waals surface area contributed by atoms with Gasteiger partial charge in [0.2, 0.25) is 0 Å². The zero-order valence-electron chi connectivity index (χ0n) is 24.5. The predicted molar refractivity (Wildman–Crippen MR) is 171 cm³/mol. The summed E-state index contributed by atoms with van der Waals surface area (Å²) in [6.07, 6.45) is 26.0. The lowest BCUT2D eigenvalue weighted by Gasteiger charge is -2.30. The fourth-order valence-corrected chi connectivity index (χ4v) is 5.60. The minimum Gasteiger partial charge on any atom is -0.344 e. The normalized spacial score (nSPS) is 11.0. The molecule has 0 saturated carbocycles. The zero-order chi connectivity index (χ0) is 25.2. The number of hydrogen-bond acceptors (Lipinski definition) is 1. The van der Waals surface area contributed by atoms with E-state index >= 15 is 0 Å². The Morgan fingerprint density at radius 3 is 1.49 bits per heavy atom. The first-order chi connectivity index (χ1) is 17.1. The lowest BCUT2D eigenvalue weighted by atomic mass is 9.73. The molecule has 0 atom stereocenters. The van der Waals surface area contributed by atoms with Gasteiger partial charge in [-0.3, -0.25) is 0 Å². The summed E-state index contributed by atoms with van der Waals surface area (Å²) >= 11 is 0. The van der Waals surface area contributed by atoms with Crippen LogP contribution in [0.2, 0.25) is 0 Å². The maximum absolute atomic E-state index is 4.05. The van der Waals surface area contributed by atoms with Crippen molar-refractivity contribution >= 4 is 18.5 Å². The summed E-state index contributed by atoms with van der Waals surface area (Å²) in [7, 11) is 0. The van der Waals surface area contributed by atoms with Crippen LogP contribution in [0, 0.1) is 0 Å². The molecule has 0 spiro atoms. The van der Waals surface area contributed by atoms with Gasteiger partial charge in [-0.05, 0) is 35.1 Å². The maximum atomic E-state index is 4.05. The van der Waals surface area contributed by atoms with Crippen LogP contribution in [0.4, 0.5) is 0 Å². The minimum atomic E-state index is -0.0174. The molecule has 0 heterocycles. The van der Waals surface area contributed by atoms with Gasteiger partial charge in [0.15, 0.2) is 0 Å². The average Bonchev–Trinajstić information content (AvgIpc) is 2.88. The molecule has 0 bridgehead atoms. The van der Waals surface area contributed by atoms with Gasteiger partial charge in [0.25, 0.3) is 0 Å². The van der Waals surface area contributed by atoms with Crippen molar-refractivity contribution in [1.82, 2.24) is 6.15 Å². The average molecular weight is 528 g/mol. The molecule has 2 rings (SSSR count). The molecule has 0 saturated heterocycles. The van der Waals surface area contributed by atoms with Crippen molar-refractivity contribution in [3.63, 3.8) is 0 Å². The third-order valence-corrected chi connectivity index (χ3v) is 7.84. The van der Waals surface area contributed by atoms with E-state index in [1.54, 1.807) is 0 Å². The molecule has 0 radical (unpaired) electrons. The highest BCUT2D eigenvalue weighted by molar-refractivity contribution is 5.85. The van der Waals surface area contributed by atoms with Crippen molar-refractivity contribution in [2.75, 3.05) is 0 Å². The van der Waals surface area contributed by atoms with E-state index < -0.39 is 0 Å². The summed E-state index contributed by atoms with van der Waals surface area (Å²) in [4.78, 5) is 0. The Hall–Kier alpha value is -1.57. The second-order valence-electron chi connectivity index (χ2n) is 11.1. The molecule has 0 amide bonds. The monoisotopic (exact) mass is 527 g/mol. The first kappa shape index (κ1) is 35.4. The molecule has 0 aromatic heterocycles. The van der Waals surface area contributed by atoms with Crippen LogP contribution in [0.5, 0.6) is 0 Å². The Balaban J connectivity index is 0.00000648. The number of aryl methyl sites for hydroxylation is 1. The fourth-order valence-electron chi connectivity index (χ4n) is 5.60. The first-order valence-electron chi connectivity index (χ1n) is 14.9. The van der Waals surface area contributed by atoms with E-state index in [2.05, 4.69) is 75.9 Å². The Bertz CT molecular complexity index is 826. The Kier molecular flexibility index (Phi) is 20.5. The lowest BCUT2D eigenvalue weighted by Crippen LogP contribution is -2.22. The van der Waals surface area contributed by atoms with Gasteiger partial charge >= 0.3 is 0 Å². The van der Waals surface area contributed by atoms with Gasteiger partial charge in [-0.2, -0.15) is 0 Å². The van der Waals surface area contributed by atoms with Crippen LogP contribution in [0.1, 0.15) is 146 Å². The molecular formula is C35H58ClN. The fraction of sp³-hybridized carbons (Fsp3) is 0.600. The summed E-state index contributed by atoms with van der Waals surface area (Å²) in [6, 6.07) is 17.8. The highest BCUT2D eigenvalue weighted by Crippen LogP contribution is 2.36. The maximum Gasteiger partial charge on any atom is 0.0155 e. The van der Waals surface area contributed by atoms with Crippen molar-refractivity contribution in [2.24, 2.45) is 0 Å². The van der Waals surface area contributed by atoms with E-state index in [-0.39, 0.29) is 24.0 Å². The summed E-state index contributed by atoms with van der Waals surface area (Å²) in [5.74, 6) is 0. The van der Waals surface area contributed by atoms with E-state index in [4.69, 9.17) is 0 Å². The number of unbranched alkanes of at least 4 members (excludes halogenated alkanes) is 15. The third kappa shape index (κ3) is 13.2. The Morgan fingerprint density at radius 2 is 1.00 bits per heavy atom.